The fourth-order valence-corrected chi connectivity index (χ4v) is 2.53. The van der Waals surface area contributed by atoms with Crippen LogP contribution in [-0.4, -0.2) is 29.7 Å². The molecule has 0 aliphatic carbocycles. The Morgan fingerprint density at radius 2 is 2.26 bits per heavy atom. The Hall–Kier alpha value is -2.14. The van der Waals surface area contributed by atoms with Crippen LogP contribution in [0, 0.1) is 11.3 Å². The van der Waals surface area contributed by atoms with E-state index in [1.54, 1.807) is 13.0 Å². The van der Waals surface area contributed by atoms with Crippen molar-refractivity contribution >= 4 is 21.7 Å². The lowest BCUT2D eigenvalue weighted by Crippen LogP contribution is -2.26. The summed E-state index contributed by atoms with van der Waals surface area (Å²) in [6, 6.07) is 4.53. The van der Waals surface area contributed by atoms with Gasteiger partial charge >= 0.3 is 5.97 Å². The van der Waals surface area contributed by atoms with Crippen LogP contribution in [0.25, 0.3) is 0 Å². The maximum atomic E-state index is 11.8. The van der Waals surface area contributed by atoms with E-state index in [9.17, 15) is 13.2 Å². The van der Waals surface area contributed by atoms with Gasteiger partial charge in [-0.25, -0.2) is 8.42 Å². The number of hydrogen-bond acceptors (Lipinski definition) is 5. The Morgan fingerprint density at radius 1 is 1.58 bits per heavy atom. The number of sulfonamides is 1. The first-order valence-electron chi connectivity index (χ1n) is 5.47. The summed E-state index contributed by atoms with van der Waals surface area (Å²) in [6.07, 6.45) is 1.17. The van der Waals surface area contributed by atoms with Crippen molar-refractivity contribution in [3.63, 3.8) is 0 Å². The molecule has 1 unspecified atom stereocenters. The first-order chi connectivity index (χ1) is 8.89. The van der Waals surface area contributed by atoms with Gasteiger partial charge in [-0.2, -0.15) is 5.26 Å². The van der Waals surface area contributed by atoms with Gasteiger partial charge in [0.05, 0.1) is 30.1 Å². The topological polar surface area (TPSA) is 120 Å². The summed E-state index contributed by atoms with van der Waals surface area (Å²) in [5.74, 6) is -1.02. The van der Waals surface area contributed by atoms with Gasteiger partial charge in [-0.05, 0) is 18.6 Å². The maximum absolute atomic E-state index is 11.8. The summed E-state index contributed by atoms with van der Waals surface area (Å²) in [5, 5.41) is 16.2. The Labute approximate surface area is 110 Å². The van der Waals surface area contributed by atoms with E-state index in [0.717, 1.165) is 0 Å². The van der Waals surface area contributed by atoms with E-state index in [1.165, 1.54) is 18.3 Å². The Balaban J connectivity index is 2.84. The van der Waals surface area contributed by atoms with Crippen molar-refractivity contribution in [3.8, 4) is 6.07 Å². The third-order valence-electron chi connectivity index (χ3n) is 2.31. The van der Waals surface area contributed by atoms with Gasteiger partial charge in [-0.3, -0.25) is 14.5 Å². The van der Waals surface area contributed by atoms with Crippen LogP contribution in [0.5, 0.6) is 0 Å². The predicted octanol–water partition coefficient (Wildman–Crippen LogP) is 0.753. The second-order valence-electron chi connectivity index (χ2n) is 3.78. The number of nitrogens with one attached hydrogen (secondary N) is 1. The average molecular weight is 283 g/mol. The Kier molecular flexibility index (Phi) is 4.83. The highest BCUT2D eigenvalue weighted by atomic mass is 32.2. The molecule has 0 amide bonds. The van der Waals surface area contributed by atoms with Crippen LogP contribution in [-0.2, 0) is 21.2 Å². The zero-order chi connectivity index (χ0) is 14.5. The van der Waals surface area contributed by atoms with Crippen molar-refractivity contribution in [1.82, 2.24) is 4.98 Å². The molecular weight excluding hydrogens is 270 g/mol. The van der Waals surface area contributed by atoms with Crippen molar-refractivity contribution in [3.05, 3.63) is 24.0 Å². The number of nitriles is 1. The summed E-state index contributed by atoms with van der Waals surface area (Å²) < 4.78 is 25.8. The molecule has 1 rings (SSSR count). The third kappa shape index (κ3) is 4.22. The number of nitrogens with zero attached hydrogens (tertiary/aromatic N) is 2. The number of carboxylic acids is 1. The third-order valence-corrected chi connectivity index (χ3v) is 4.01. The predicted molar refractivity (Wildman–Crippen MR) is 67.8 cm³/mol. The highest BCUT2D eigenvalue weighted by Crippen LogP contribution is 2.13. The molecular formula is C11H13N3O4S. The monoisotopic (exact) mass is 283 g/mol. The summed E-state index contributed by atoms with van der Waals surface area (Å²) in [4.78, 5) is 14.3. The molecule has 7 nitrogen and oxygen atoms in total. The highest BCUT2D eigenvalue weighted by Gasteiger charge is 2.23. The standard InChI is InChI=1S/C11H13N3O4S/c1-2-10(6-12)19(17,18)14-9-4-3-8(13-7-9)5-11(15)16/h3-4,7,10,14H,2,5H2,1H3,(H,15,16). The molecule has 8 heteroatoms. The smallest absolute Gasteiger partial charge is 0.309 e. The van der Waals surface area contributed by atoms with Gasteiger partial charge in [-0.1, -0.05) is 6.92 Å². The molecule has 0 bridgehead atoms. The van der Waals surface area contributed by atoms with Gasteiger partial charge in [-0.15, -0.1) is 0 Å². The summed E-state index contributed by atoms with van der Waals surface area (Å²) >= 11 is 0. The van der Waals surface area contributed by atoms with Crippen LogP contribution in [0.1, 0.15) is 19.0 Å². The van der Waals surface area contributed by atoms with Crippen LogP contribution >= 0.6 is 0 Å². The van der Waals surface area contributed by atoms with Gasteiger partial charge in [0.25, 0.3) is 0 Å². The minimum Gasteiger partial charge on any atom is -0.481 e. The molecule has 1 aromatic rings. The van der Waals surface area contributed by atoms with Crippen molar-refractivity contribution in [2.75, 3.05) is 4.72 Å². The lowest BCUT2D eigenvalue weighted by molar-refractivity contribution is -0.136. The van der Waals surface area contributed by atoms with Crippen LogP contribution in [0.15, 0.2) is 18.3 Å². The molecule has 0 aromatic carbocycles. The van der Waals surface area contributed by atoms with E-state index in [2.05, 4.69) is 9.71 Å². The van der Waals surface area contributed by atoms with Gasteiger partial charge in [0.15, 0.2) is 5.25 Å². The zero-order valence-electron chi connectivity index (χ0n) is 10.2. The molecule has 1 heterocycles. The molecule has 0 radical (unpaired) electrons. The van der Waals surface area contributed by atoms with E-state index in [-0.39, 0.29) is 18.5 Å². The summed E-state index contributed by atoms with van der Waals surface area (Å²) in [5.41, 5.74) is 0.519. The molecule has 0 aliphatic rings. The number of aliphatic carboxylic acids is 1. The first-order valence-corrected chi connectivity index (χ1v) is 7.01. The van der Waals surface area contributed by atoms with Gasteiger partial charge < -0.3 is 5.11 Å². The average Bonchev–Trinajstić information content (AvgIpc) is 2.31. The quantitative estimate of drug-likeness (QED) is 0.794. The molecule has 0 saturated carbocycles. The highest BCUT2D eigenvalue weighted by molar-refractivity contribution is 7.93. The first kappa shape index (κ1) is 14.9. The van der Waals surface area contributed by atoms with E-state index in [0.29, 0.717) is 5.69 Å². The van der Waals surface area contributed by atoms with E-state index >= 15 is 0 Å². The molecule has 19 heavy (non-hydrogen) atoms. The number of carbonyl (C=O) groups is 1. The molecule has 1 atom stereocenters. The number of pyridine rings is 1. The maximum Gasteiger partial charge on any atom is 0.309 e. The lowest BCUT2D eigenvalue weighted by Gasteiger charge is -2.10. The SMILES string of the molecule is CCC(C#N)S(=O)(=O)Nc1ccc(CC(=O)O)nc1. The molecule has 102 valence electrons. The summed E-state index contributed by atoms with van der Waals surface area (Å²) in [7, 11) is -3.78. The zero-order valence-corrected chi connectivity index (χ0v) is 11.0. The molecule has 0 saturated heterocycles. The molecule has 0 fully saturated rings. The molecule has 1 aromatic heterocycles. The number of carboxylic acid groups (broad SMARTS) is 1. The van der Waals surface area contributed by atoms with E-state index < -0.39 is 21.2 Å². The second-order valence-corrected chi connectivity index (χ2v) is 5.64. The fraction of sp³-hybridized carbons (Fsp3) is 0.364. The van der Waals surface area contributed by atoms with Crippen molar-refractivity contribution in [1.29, 1.82) is 5.26 Å². The minimum atomic E-state index is -3.78. The lowest BCUT2D eigenvalue weighted by atomic mass is 10.3. The largest absolute Gasteiger partial charge is 0.481 e. The normalized spacial score (nSPS) is 12.4. The van der Waals surface area contributed by atoms with Crippen molar-refractivity contribution in [2.45, 2.75) is 25.0 Å². The second kappa shape index (κ2) is 6.15. The van der Waals surface area contributed by atoms with Crippen LogP contribution in [0.3, 0.4) is 0 Å². The number of aromatic nitrogens is 1. The van der Waals surface area contributed by atoms with Crippen LogP contribution in [0.4, 0.5) is 5.69 Å². The molecule has 0 spiro atoms. The Morgan fingerprint density at radius 3 is 2.68 bits per heavy atom. The van der Waals surface area contributed by atoms with Crippen LogP contribution < -0.4 is 4.72 Å². The van der Waals surface area contributed by atoms with Crippen molar-refractivity contribution < 1.29 is 18.3 Å². The molecule has 2 N–H and O–H groups in total. The van der Waals surface area contributed by atoms with Crippen molar-refractivity contribution in [2.24, 2.45) is 0 Å². The van der Waals surface area contributed by atoms with Crippen LogP contribution in [0.2, 0.25) is 0 Å². The van der Waals surface area contributed by atoms with E-state index in [4.69, 9.17) is 10.4 Å². The van der Waals surface area contributed by atoms with Gasteiger partial charge in [0.2, 0.25) is 10.0 Å². The summed E-state index contributed by atoms with van der Waals surface area (Å²) in [6.45, 7) is 1.60. The minimum absolute atomic E-state index is 0.177. The Bertz CT molecular complexity index is 589. The van der Waals surface area contributed by atoms with Gasteiger partial charge in [0.1, 0.15) is 0 Å². The number of anilines is 1. The number of hydrogen-bond donors (Lipinski definition) is 2. The molecule has 0 aliphatic heterocycles. The van der Waals surface area contributed by atoms with Gasteiger partial charge in [0, 0.05) is 0 Å². The number of rotatable bonds is 6. The van der Waals surface area contributed by atoms with E-state index in [1.807, 2.05) is 0 Å². The fourth-order valence-electron chi connectivity index (χ4n) is 1.36.